The van der Waals surface area contributed by atoms with Crippen LogP contribution in [0.5, 0.6) is 0 Å². The Morgan fingerprint density at radius 3 is 2.26 bits per heavy atom. The molecular weight excluding hydrogens is 299 g/mol. The molecule has 0 saturated carbocycles. The molecule has 0 unspecified atom stereocenters. The lowest BCUT2D eigenvalue weighted by Crippen LogP contribution is -2.50. The Morgan fingerprint density at radius 2 is 1.65 bits per heavy atom. The highest BCUT2D eigenvalue weighted by Crippen LogP contribution is 2.16. The molecule has 0 spiro atoms. The van der Waals surface area contributed by atoms with Gasteiger partial charge in [0.25, 0.3) is 0 Å². The first-order valence-corrected chi connectivity index (χ1v) is 7.78. The molecule has 1 fully saturated rings. The van der Waals surface area contributed by atoms with Crippen LogP contribution in [0.15, 0.2) is 24.3 Å². The van der Waals surface area contributed by atoms with E-state index in [1.165, 1.54) is 19.1 Å². The van der Waals surface area contributed by atoms with Crippen molar-refractivity contribution in [2.24, 2.45) is 0 Å². The monoisotopic (exact) mass is 322 g/mol. The Morgan fingerprint density at radius 1 is 1.04 bits per heavy atom. The second-order valence-electron chi connectivity index (χ2n) is 5.57. The van der Waals surface area contributed by atoms with Crippen molar-refractivity contribution >= 4 is 17.5 Å². The lowest BCUT2D eigenvalue weighted by atomic mass is 10.2. The fourth-order valence-corrected chi connectivity index (χ4v) is 2.52. The van der Waals surface area contributed by atoms with Gasteiger partial charge in [0.2, 0.25) is 11.8 Å². The summed E-state index contributed by atoms with van der Waals surface area (Å²) in [4.78, 5) is 26.8. The van der Waals surface area contributed by atoms with Crippen molar-refractivity contribution in [3.63, 3.8) is 0 Å². The van der Waals surface area contributed by atoms with Gasteiger partial charge in [-0.1, -0.05) is 0 Å². The second-order valence-corrected chi connectivity index (χ2v) is 5.57. The maximum atomic E-state index is 12.9. The highest BCUT2D eigenvalue weighted by Gasteiger charge is 2.19. The molecule has 0 aromatic heterocycles. The third-order valence-electron chi connectivity index (χ3n) is 3.75. The van der Waals surface area contributed by atoms with Crippen molar-refractivity contribution in [1.82, 2.24) is 15.5 Å². The molecular formula is C16H23FN4O2. The maximum absolute atomic E-state index is 12.9. The van der Waals surface area contributed by atoms with Gasteiger partial charge in [0.05, 0.1) is 6.54 Å². The summed E-state index contributed by atoms with van der Waals surface area (Å²) in [5, 5.41) is 5.42. The summed E-state index contributed by atoms with van der Waals surface area (Å²) in [5.74, 6) is -0.370. The maximum Gasteiger partial charge on any atom is 0.234 e. The number of amides is 2. The van der Waals surface area contributed by atoms with Gasteiger partial charge < -0.3 is 15.5 Å². The molecule has 1 heterocycles. The van der Waals surface area contributed by atoms with E-state index in [4.69, 9.17) is 0 Å². The Labute approximate surface area is 135 Å². The van der Waals surface area contributed by atoms with Crippen LogP contribution in [-0.4, -0.2) is 62.5 Å². The van der Waals surface area contributed by atoms with E-state index in [0.29, 0.717) is 19.6 Å². The SMILES string of the molecule is CC(=O)NCCNC(=O)CN1CCN(c2ccc(F)cc2)CC1. The predicted molar refractivity (Wildman–Crippen MR) is 86.7 cm³/mol. The number of anilines is 1. The van der Waals surface area contributed by atoms with Crippen LogP contribution in [0.1, 0.15) is 6.92 Å². The zero-order valence-electron chi connectivity index (χ0n) is 13.3. The van der Waals surface area contributed by atoms with Crippen molar-refractivity contribution in [2.45, 2.75) is 6.92 Å². The van der Waals surface area contributed by atoms with Crippen LogP contribution in [0.4, 0.5) is 10.1 Å². The lowest BCUT2D eigenvalue weighted by molar-refractivity contribution is -0.123. The molecule has 2 rings (SSSR count). The van der Waals surface area contributed by atoms with Crippen molar-refractivity contribution < 1.29 is 14.0 Å². The van der Waals surface area contributed by atoms with Crippen LogP contribution in [0.25, 0.3) is 0 Å². The number of benzene rings is 1. The van der Waals surface area contributed by atoms with E-state index in [0.717, 1.165) is 31.9 Å². The molecule has 126 valence electrons. The lowest BCUT2D eigenvalue weighted by Gasteiger charge is -2.35. The number of halogens is 1. The molecule has 0 radical (unpaired) electrons. The molecule has 0 bridgehead atoms. The zero-order valence-corrected chi connectivity index (χ0v) is 13.3. The van der Waals surface area contributed by atoms with E-state index in [1.54, 1.807) is 12.1 Å². The number of carbonyl (C=O) groups excluding carboxylic acids is 2. The van der Waals surface area contributed by atoms with E-state index >= 15 is 0 Å². The van der Waals surface area contributed by atoms with Crippen molar-refractivity contribution in [3.8, 4) is 0 Å². The fourth-order valence-electron chi connectivity index (χ4n) is 2.52. The summed E-state index contributed by atoms with van der Waals surface area (Å²) in [6.45, 7) is 5.88. The van der Waals surface area contributed by atoms with Gasteiger partial charge in [0.1, 0.15) is 5.82 Å². The van der Waals surface area contributed by atoms with Gasteiger partial charge in [-0.3, -0.25) is 14.5 Å². The first-order valence-electron chi connectivity index (χ1n) is 7.78. The van der Waals surface area contributed by atoms with Crippen molar-refractivity contribution in [2.75, 3.05) is 50.7 Å². The molecule has 1 saturated heterocycles. The van der Waals surface area contributed by atoms with E-state index in [-0.39, 0.29) is 17.6 Å². The fraction of sp³-hybridized carbons (Fsp3) is 0.500. The molecule has 6 nitrogen and oxygen atoms in total. The quantitative estimate of drug-likeness (QED) is 0.735. The second kappa shape index (κ2) is 8.47. The van der Waals surface area contributed by atoms with Gasteiger partial charge in [0, 0.05) is 51.9 Å². The third kappa shape index (κ3) is 5.86. The number of hydrogen-bond acceptors (Lipinski definition) is 4. The molecule has 2 N–H and O–H groups in total. The average molecular weight is 322 g/mol. The standard InChI is InChI=1S/C16H23FN4O2/c1-13(22)18-6-7-19-16(23)12-20-8-10-21(11-9-20)15-4-2-14(17)3-5-15/h2-5H,6-12H2,1H3,(H,18,22)(H,19,23). The van der Waals surface area contributed by atoms with Gasteiger partial charge in [-0.25, -0.2) is 4.39 Å². The molecule has 1 aliphatic heterocycles. The van der Waals surface area contributed by atoms with E-state index in [1.807, 2.05) is 0 Å². The number of piperazine rings is 1. The van der Waals surface area contributed by atoms with Crippen LogP contribution in [0.3, 0.4) is 0 Å². The Balaban J connectivity index is 1.67. The number of carbonyl (C=O) groups is 2. The van der Waals surface area contributed by atoms with Crippen LogP contribution in [-0.2, 0) is 9.59 Å². The Bertz CT molecular complexity index is 527. The smallest absolute Gasteiger partial charge is 0.234 e. The van der Waals surface area contributed by atoms with Crippen LogP contribution < -0.4 is 15.5 Å². The van der Waals surface area contributed by atoms with Crippen LogP contribution in [0.2, 0.25) is 0 Å². The Hall–Kier alpha value is -2.15. The van der Waals surface area contributed by atoms with Gasteiger partial charge in [-0.15, -0.1) is 0 Å². The minimum Gasteiger partial charge on any atom is -0.369 e. The molecule has 2 amide bonds. The van der Waals surface area contributed by atoms with Crippen LogP contribution >= 0.6 is 0 Å². The summed E-state index contributed by atoms with van der Waals surface area (Å²) >= 11 is 0. The van der Waals surface area contributed by atoms with Crippen molar-refractivity contribution in [3.05, 3.63) is 30.1 Å². The molecule has 0 aliphatic carbocycles. The largest absolute Gasteiger partial charge is 0.369 e. The predicted octanol–water partition coefficient (Wildman–Crippen LogP) is 0.200. The average Bonchev–Trinajstić information content (AvgIpc) is 2.53. The number of hydrogen-bond donors (Lipinski definition) is 2. The molecule has 7 heteroatoms. The van der Waals surface area contributed by atoms with Crippen LogP contribution in [0, 0.1) is 5.82 Å². The van der Waals surface area contributed by atoms with E-state index in [9.17, 15) is 14.0 Å². The molecule has 23 heavy (non-hydrogen) atoms. The summed E-state index contributed by atoms with van der Waals surface area (Å²) in [5.41, 5.74) is 1.01. The van der Waals surface area contributed by atoms with Gasteiger partial charge in [0.15, 0.2) is 0 Å². The molecule has 1 aliphatic rings. The van der Waals surface area contributed by atoms with Crippen molar-refractivity contribution in [1.29, 1.82) is 0 Å². The topological polar surface area (TPSA) is 64.7 Å². The van der Waals surface area contributed by atoms with E-state index in [2.05, 4.69) is 20.4 Å². The zero-order chi connectivity index (χ0) is 16.7. The summed E-state index contributed by atoms with van der Waals surface area (Å²) in [6.07, 6.45) is 0. The Kier molecular flexibility index (Phi) is 6.34. The minimum atomic E-state index is -0.233. The third-order valence-corrected chi connectivity index (χ3v) is 3.75. The van der Waals surface area contributed by atoms with Gasteiger partial charge in [-0.05, 0) is 24.3 Å². The number of nitrogens with one attached hydrogen (secondary N) is 2. The minimum absolute atomic E-state index is 0.0365. The number of nitrogens with zero attached hydrogens (tertiary/aromatic N) is 2. The molecule has 1 aromatic carbocycles. The van der Waals surface area contributed by atoms with E-state index < -0.39 is 0 Å². The summed E-state index contributed by atoms with van der Waals surface area (Å²) in [7, 11) is 0. The summed E-state index contributed by atoms with van der Waals surface area (Å²) < 4.78 is 12.9. The van der Waals surface area contributed by atoms with Gasteiger partial charge >= 0.3 is 0 Å². The first-order chi connectivity index (χ1) is 11.0. The van der Waals surface area contributed by atoms with Gasteiger partial charge in [-0.2, -0.15) is 0 Å². The first kappa shape index (κ1) is 17.2. The normalized spacial score (nSPS) is 15.3. The summed E-state index contributed by atoms with van der Waals surface area (Å²) in [6, 6.07) is 6.48. The number of rotatable bonds is 6. The highest BCUT2D eigenvalue weighted by molar-refractivity contribution is 5.78. The molecule has 1 aromatic rings. The highest BCUT2D eigenvalue weighted by atomic mass is 19.1. The molecule has 0 atom stereocenters.